The standard InChI is InChI=1S/C26H32Cl3N5O/c1-16(33-23-7-5-4-6-20(23)25(30)34(2)3)32-19-10-8-17(9-11-19)12-13-31-26(35)24-21(28)14-18(27)15-22(24)29/h4-7,14-15,17,19,32H,1,8-13,30H2,2-3H3,(H,31,35)/b25-20+,33-23-/t17-,19+. The smallest absolute Gasteiger partial charge is 0.254 e. The third-order valence-electron chi connectivity index (χ3n) is 6.21. The van der Waals surface area contributed by atoms with Crippen molar-refractivity contribution in [3.63, 3.8) is 0 Å². The highest BCUT2D eigenvalue weighted by Crippen LogP contribution is 2.30. The molecule has 1 fully saturated rings. The van der Waals surface area contributed by atoms with Crippen molar-refractivity contribution in [2.24, 2.45) is 16.6 Å². The zero-order chi connectivity index (χ0) is 25.5. The Morgan fingerprint density at radius 1 is 1.11 bits per heavy atom. The molecule has 2 aliphatic rings. The molecule has 0 unspecified atom stereocenters. The van der Waals surface area contributed by atoms with Crippen molar-refractivity contribution in [3.8, 4) is 0 Å². The molecule has 0 heterocycles. The minimum Gasteiger partial charge on any atom is -0.385 e. The topological polar surface area (TPSA) is 82.8 Å². The number of nitrogens with two attached hydrogens (primary N) is 1. The number of carbonyl (C=O) groups is 1. The first-order valence-electron chi connectivity index (χ1n) is 11.6. The quantitative estimate of drug-likeness (QED) is 0.399. The van der Waals surface area contributed by atoms with Crippen LogP contribution >= 0.6 is 34.8 Å². The normalized spacial score (nSPS) is 22.1. The van der Waals surface area contributed by atoms with E-state index in [-0.39, 0.29) is 21.5 Å². The molecule has 3 rings (SSSR count). The number of nitrogens with one attached hydrogen (secondary N) is 2. The highest BCUT2D eigenvalue weighted by atomic mass is 35.5. The minimum atomic E-state index is -0.280. The molecule has 0 radical (unpaired) electrons. The average Bonchev–Trinajstić information content (AvgIpc) is 2.79. The van der Waals surface area contributed by atoms with Crippen molar-refractivity contribution in [2.45, 2.75) is 38.1 Å². The van der Waals surface area contributed by atoms with E-state index >= 15 is 0 Å². The second kappa shape index (κ2) is 12.5. The zero-order valence-corrected chi connectivity index (χ0v) is 22.4. The minimum absolute atomic E-state index is 0.252. The van der Waals surface area contributed by atoms with Crippen LogP contribution in [0.5, 0.6) is 0 Å². The number of halogens is 3. The van der Waals surface area contributed by atoms with E-state index in [0.717, 1.165) is 43.4 Å². The van der Waals surface area contributed by atoms with E-state index in [0.29, 0.717) is 35.2 Å². The molecule has 0 atom stereocenters. The molecule has 1 aromatic rings. The largest absolute Gasteiger partial charge is 0.385 e. The first-order valence-corrected chi connectivity index (χ1v) is 12.8. The summed E-state index contributed by atoms with van der Waals surface area (Å²) in [6.45, 7) is 4.68. The molecule has 0 bridgehead atoms. The molecule has 1 aromatic carbocycles. The summed E-state index contributed by atoms with van der Waals surface area (Å²) >= 11 is 18.2. The molecular formula is C26H32Cl3N5O. The lowest BCUT2D eigenvalue weighted by Crippen LogP contribution is -2.33. The van der Waals surface area contributed by atoms with Gasteiger partial charge in [-0.3, -0.25) is 4.79 Å². The van der Waals surface area contributed by atoms with Gasteiger partial charge in [0.15, 0.2) is 0 Å². The molecule has 0 aliphatic heterocycles. The van der Waals surface area contributed by atoms with Crippen LogP contribution in [0.1, 0.15) is 42.5 Å². The molecule has 0 saturated heterocycles. The number of hydrogen-bond donors (Lipinski definition) is 3. The van der Waals surface area contributed by atoms with Crippen LogP contribution in [0.3, 0.4) is 0 Å². The lowest BCUT2D eigenvalue weighted by atomic mass is 9.84. The van der Waals surface area contributed by atoms with Crippen LogP contribution in [0.15, 0.2) is 65.2 Å². The van der Waals surface area contributed by atoms with E-state index in [9.17, 15) is 4.79 Å². The van der Waals surface area contributed by atoms with Crippen molar-refractivity contribution < 1.29 is 4.79 Å². The van der Waals surface area contributed by atoms with Crippen LogP contribution in [-0.4, -0.2) is 43.2 Å². The maximum Gasteiger partial charge on any atom is 0.254 e. The fraction of sp³-hybridized carbons (Fsp3) is 0.385. The molecule has 4 N–H and O–H groups in total. The Morgan fingerprint density at radius 3 is 2.37 bits per heavy atom. The van der Waals surface area contributed by atoms with Gasteiger partial charge in [-0.15, -0.1) is 0 Å². The molecule has 6 nitrogen and oxygen atoms in total. The van der Waals surface area contributed by atoms with Crippen molar-refractivity contribution in [1.82, 2.24) is 15.5 Å². The van der Waals surface area contributed by atoms with E-state index in [1.807, 2.05) is 43.3 Å². The second-order valence-corrected chi connectivity index (χ2v) is 10.3. The van der Waals surface area contributed by atoms with Gasteiger partial charge in [0.25, 0.3) is 5.91 Å². The highest BCUT2D eigenvalue weighted by Gasteiger charge is 2.22. The van der Waals surface area contributed by atoms with Gasteiger partial charge in [-0.05, 0) is 62.3 Å². The molecule has 1 amide bonds. The van der Waals surface area contributed by atoms with Crippen LogP contribution in [0.4, 0.5) is 0 Å². The Bertz CT molecular complexity index is 1060. The number of carbonyl (C=O) groups excluding carboxylic acids is 1. The monoisotopic (exact) mass is 535 g/mol. The Morgan fingerprint density at radius 2 is 1.74 bits per heavy atom. The molecule has 9 heteroatoms. The van der Waals surface area contributed by atoms with Gasteiger partial charge in [-0.1, -0.05) is 53.5 Å². The molecule has 1 saturated carbocycles. The summed E-state index contributed by atoms with van der Waals surface area (Å²) in [6, 6.07) is 3.37. The summed E-state index contributed by atoms with van der Waals surface area (Å²) < 4.78 is 0. The zero-order valence-electron chi connectivity index (χ0n) is 20.1. The summed E-state index contributed by atoms with van der Waals surface area (Å²) in [7, 11) is 3.82. The summed E-state index contributed by atoms with van der Waals surface area (Å²) in [5.74, 6) is 1.56. The number of rotatable bonds is 8. The maximum absolute atomic E-state index is 12.5. The van der Waals surface area contributed by atoms with E-state index in [1.54, 1.807) is 0 Å². The number of hydrogen-bond acceptors (Lipinski definition) is 5. The number of amides is 1. The average molecular weight is 537 g/mol. The SMILES string of the molecule is C=C(/N=C1/C=CC=C/C1=C(/N)N(C)C)N[C@H]1CC[C@@H](CCNC(=O)c2c(Cl)cc(Cl)cc2Cl)CC1. The molecule has 2 aliphatic carbocycles. The number of aliphatic imine (C=N–C) groups is 1. The maximum atomic E-state index is 12.5. The van der Waals surface area contributed by atoms with Crippen LogP contribution in [0.2, 0.25) is 15.1 Å². The Hall–Kier alpha value is -2.41. The van der Waals surface area contributed by atoms with Gasteiger partial charge < -0.3 is 21.3 Å². The lowest BCUT2D eigenvalue weighted by Gasteiger charge is -2.30. The van der Waals surface area contributed by atoms with Crippen LogP contribution in [0.25, 0.3) is 0 Å². The van der Waals surface area contributed by atoms with Gasteiger partial charge in [0.1, 0.15) is 11.6 Å². The molecule has 0 aromatic heterocycles. The van der Waals surface area contributed by atoms with Crippen LogP contribution in [-0.2, 0) is 0 Å². The lowest BCUT2D eigenvalue weighted by molar-refractivity contribution is 0.0950. The van der Waals surface area contributed by atoms with Crippen LogP contribution in [0, 0.1) is 5.92 Å². The molecule has 0 spiro atoms. The van der Waals surface area contributed by atoms with Crippen molar-refractivity contribution in [2.75, 3.05) is 20.6 Å². The second-order valence-electron chi connectivity index (χ2n) is 9.01. The third-order valence-corrected chi connectivity index (χ3v) is 7.02. The molecule has 35 heavy (non-hydrogen) atoms. The Balaban J connectivity index is 1.45. The number of nitrogens with zero attached hydrogens (tertiary/aromatic N) is 2. The highest BCUT2D eigenvalue weighted by molar-refractivity contribution is 6.42. The number of benzene rings is 1. The van der Waals surface area contributed by atoms with Gasteiger partial charge in [0, 0.05) is 37.3 Å². The fourth-order valence-electron chi connectivity index (χ4n) is 4.27. The summed E-state index contributed by atoms with van der Waals surface area (Å²) in [5.41, 5.74) is 8.15. The van der Waals surface area contributed by atoms with Crippen LogP contribution < -0.4 is 16.4 Å². The predicted octanol–water partition coefficient (Wildman–Crippen LogP) is 5.69. The number of allylic oxidation sites excluding steroid dienone is 5. The summed E-state index contributed by atoms with van der Waals surface area (Å²) in [5, 5.41) is 7.29. The first-order chi connectivity index (χ1) is 16.7. The van der Waals surface area contributed by atoms with Gasteiger partial charge in [-0.25, -0.2) is 4.99 Å². The third kappa shape index (κ3) is 7.53. The molecule has 188 valence electrons. The fourth-order valence-corrected chi connectivity index (χ4v) is 5.26. The van der Waals surface area contributed by atoms with Gasteiger partial charge in [-0.2, -0.15) is 0 Å². The van der Waals surface area contributed by atoms with Gasteiger partial charge in [0.05, 0.1) is 21.3 Å². The Kier molecular flexibility index (Phi) is 9.72. The first kappa shape index (κ1) is 27.2. The van der Waals surface area contributed by atoms with E-state index < -0.39 is 0 Å². The molecular weight excluding hydrogens is 505 g/mol. The van der Waals surface area contributed by atoms with E-state index in [4.69, 9.17) is 40.5 Å². The summed E-state index contributed by atoms with van der Waals surface area (Å²) in [6.07, 6.45) is 12.9. The van der Waals surface area contributed by atoms with E-state index in [2.05, 4.69) is 22.2 Å². The van der Waals surface area contributed by atoms with Gasteiger partial charge >= 0.3 is 0 Å². The summed E-state index contributed by atoms with van der Waals surface area (Å²) in [4.78, 5) is 19.1. The van der Waals surface area contributed by atoms with E-state index in [1.165, 1.54) is 12.1 Å². The van der Waals surface area contributed by atoms with Crippen molar-refractivity contribution in [1.29, 1.82) is 0 Å². The predicted molar refractivity (Wildman–Crippen MR) is 147 cm³/mol. The van der Waals surface area contributed by atoms with Crippen molar-refractivity contribution >= 4 is 46.4 Å². The van der Waals surface area contributed by atoms with Crippen molar-refractivity contribution in [3.05, 3.63) is 80.9 Å². The van der Waals surface area contributed by atoms with Gasteiger partial charge in [0.2, 0.25) is 0 Å². The Labute approximate surface area is 222 Å².